The van der Waals surface area contributed by atoms with E-state index in [9.17, 15) is 13.2 Å². The van der Waals surface area contributed by atoms with Crippen LogP contribution in [0, 0.1) is 0 Å². The zero-order chi connectivity index (χ0) is 12.7. The minimum absolute atomic E-state index is 0.591. The van der Waals surface area contributed by atoms with Gasteiger partial charge in [0.25, 0.3) is 0 Å². The van der Waals surface area contributed by atoms with E-state index in [0.29, 0.717) is 0 Å². The standard InChI is InChI=1S/C6H13F3O6Si/c1-10-13-16(14-11-2,15-12-3)5-4-6(7,8)9/h4-5H2,1-3H3. The lowest BCUT2D eigenvalue weighted by Crippen LogP contribution is -2.46. The quantitative estimate of drug-likeness (QED) is 0.378. The monoisotopic (exact) mass is 266 g/mol. The predicted molar refractivity (Wildman–Crippen MR) is 45.5 cm³/mol. The van der Waals surface area contributed by atoms with Gasteiger partial charge in [0.2, 0.25) is 0 Å². The molecular formula is C6H13F3O6Si. The van der Waals surface area contributed by atoms with Gasteiger partial charge < -0.3 is 0 Å². The summed E-state index contributed by atoms with van der Waals surface area (Å²) in [6, 6.07) is -0.591. The summed E-state index contributed by atoms with van der Waals surface area (Å²) in [7, 11) is -0.478. The molecule has 0 atom stereocenters. The molecule has 0 N–H and O–H groups in total. The Hall–Kier alpha value is -0.233. The Morgan fingerprint density at radius 1 is 0.875 bits per heavy atom. The zero-order valence-corrected chi connectivity index (χ0v) is 10.00. The average molecular weight is 266 g/mol. The van der Waals surface area contributed by atoms with Gasteiger partial charge in [-0.05, 0) is 0 Å². The number of halogens is 3. The smallest absolute Gasteiger partial charge is 0.246 e. The Kier molecular flexibility index (Phi) is 7.06. The first-order valence-electron chi connectivity index (χ1n) is 4.11. The van der Waals surface area contributed by atoms with Crippen LogP contribution in [0.25, 0.3) is 0 Å². The number of rotatable bonds is 8. The average Bonchev–Trinajstić information content (AvgIpc) is 2.15. The van der Waals surface area contributed by atoms with E-state index in [0.717, 1.165) is 21.3 Å². The molecule has 6 nitrogen and oxygen atoms in total. The van der Waals surface area contributed by atoms with Crippen LogP contribution in [0.1, 0.15) is 6.42 Å². The van der Waals surface area contributed by atoms with E-state index in [-0.39, 0.29) is 0 Å². The van der Waals surface area contributed by atoms with Gasteiger partial charge in [0.15, 0.2) is 0 Å². The third kappa shape index (κ3) is 6.37. The molecule has 0 fully saturated rings. The fourth-order valence-electron chi connectivity index (χ4n) is 0.842. The molecule has 10 heteroatoms. The SMILES string of the molecule is COO[Si](CCC(F)(F)F)(OOC)OOC. The molecule has 0 aromatic heterocycles. The maximum absolute atomic E-state index is 12.0. The lowest BCUT2D eigenvalue weighted by Gasteiger charge is -2.23. The van der Waals surface area contributed by atoms with Crippen molar-refractivity contribution >= 4 is 8.80 Å². The van der Waals surface area contributed by atoms with E-state index in [1.165, 1.54) is 0 Å². The Morgan fingerprint density at radius 3 is 1.50 bits per heavy atom. The van der Waals surface area contributed by atoms with Crippen LogP contribution in [0.5, 0.6) is 0 Å². The summed E-state index contributed by atoms with van der Waals surface area (Å²) < 4.78 is 49.8. The lowest BCUT2D eigenvalue weighted by molar-refractivity contribution is -0.344. The fourth-order valence-corrected chi connectivity index (χ4v) is 2.53. The number of hydrogen-bond donors (Lipinski definition) is 0. The summed E-state index contributed by atoms with van der Waals surface area (Å²) in [5.41, 5.74) is 0. The second kappa shape index (κ2) is 7.16. The molecule has 0 rings (SSSR count). The first-order valence-corrected chi connectivity index (χ1v) is 6.04. The summed E-state index contributed by atoms with van der Waals surface area (Å²) in [5, 5.41) is 0. The third-order valence-electron chi connectivity index (χ3n) is 1.35. The second-order valence-electron chi connectivity index (χ2n) is 2.55. The Bertz CT molecular complexity index is 173. The molecule has 0 saturated carbocycles. The fraction of sp³-hybridized carbons (Fsp3) is 1.00. The first kappa shape index (κ1) is 15.8. The maximum Gasteiger partial charge on any atom is 0.584 e. The van der Waals surface area contributed by atoms with Crippen molar-refractivity contribution in [2.75, 3.05) is 21.3 Å². The van der Waals surface area contributed by atoms with Crippen LogP contribution < -0.4 is 0 Å². The van der Waals surface area contributed by atoms with Gasteiger partial charge in [0, 0.05) is 12.5 Å². The summed E-state index contributed by atoms with van der Waals surface area (Å²) in [4.78, 5) is 12.8. The van der Waals surface area contributed by atoms with Crippen LogP contribution in [-0.2, 0) is 28.4 Å². The minimum atomic E-state index is -4.37. The Balaban J connectivity index is 4.46. The summed E-state index contributed by atoms with van der Waals surface area (Å²) in [5.74, 6) is 0. The molecule has 0 unspecified atom stereocenters. The Labute approximate surface area is 91.3 Å². The van der Waals surface area contributed by atoms with E-state index in [1.807, 2.05) is 0 Å². The lowest BCUT2D eigenvalue weighted by atomic mass is 10.5. The summed E-state index contributed by atoms with van der Waals surface area (Å²) in [6.45, 7) is 0. The topological polar surface area (TPSA) is 55.4 Å². The van der Waals surface area contributed by atoms with Crippen LogP contribution in [0.2, 0.25) is 6.04 Å². The van der Waals surface area contributed by atoms with Crippen LogP contribution >= 0.6 is 0 Å². The molecule has 0 aliphatic carbocycles. The molecular weight excluding hydrogens is 253 g/mol. The van der Waals surface area contributed by atoms with Gasteiger partial charge in [-0.1, -0.05) is 0 Å². The molecule has 0 aliphatic rings. The molecule has 0 heterocycles. The summed E-state index contributed by atoms with van der Waals surface area (Å²) >= 11 is 0. The van der Waals surface area contributed by atoms with Crippen molar-refractivity contribution in [1.82, 2.24) is 0 Å². The van der Waals surface area contributed by atoms with Crippen LogP contribution in [0.3, 0.4) is 0 Å². The van der Waals surface area contributed by atoms with Crippen molar-refractivity contribution in [3.05, 3.63) is 0 Å². The summed E-state index contributed by atoms with van der Waals surface area (Å²) in [6.07, 6.45) is -5.54. The highest BCUT2D eigenvalue weighted by Gasteiger charge is 2.49. The van der Waals surface area contributed by atoms with Gasteiger partial charge in [-0.25, -0.2) is 28.4 Å². The molecule has 0 aliphatic heterocycles. The Morgan fingerprint density at radius 2 is 1.25 bits per heavy atom. The van der Waals surface area contributed by atoms with Crippen molar-refractivity contribution in [3.63, 3.8) is 0 Å². The van der Waals surface area contributed by atoms with Gasteiger partial charge in [-0.3, -0.25) is 0 Å². The largest absolute Gasteiger partial charge is 0.584 e. The molecule has 0 aromatic carbocycles. The van der Waals surface area contributed by atoms with Crippen LogP contribution in [-0.4, -0.2) is 36.3 Å². The number of alkyl halides is 3. The van der Waals surface area contributed by atoms with Gasteiger partial charge in [0.1, 0.15) is 0 Å². The van der Waals surface area contributed by atoms with Gasteiger partial charge in [-0.15, -0.1) is 0 Å². The van der Waals surface area contributed by atoms with Gasteiger partial charge in [0.05, 0.1) is 21.3 Å². The minimum Gasteiger partial charge on any atom is -0.246 e. The van der Waals surface area contributed by atoms with E-state index in [2.05, 4.69) is 28.4 Å². The van der Waals surface area contributed by atoms with Crippen molar-refractivity contribution in [1.29, 1.82) is 0 Å². The first-order chi connectivity index (χ1) is 7.39. The van der Waals surface area contributed by atoms with Gasteiger partial charge >= 0.3 is 15.0 Å². The molecule has 0 bridgehead atoms. The van der Waals surface area contributed by atoms with E-state index in [1.54, 1.807) is 0 Å². The highest BCUT2D eigenvalue weighted by atomic mass is 28.4. The van der Waals surface area contributed by atoms with Crippen LogP contribution in [0.4, 0.5) is 13.2 Å². The normalized spacial score (nSPS) is 13.1. The number of hydrogen-bond acceptors (Lipinski definition) is 6. The van der Waals surface area contributed by atoms with Crippen molar-refractivity contribution in [3.8, 4) is 0 Å². The molecule has 16 heavy (non-hydrogen) atoms. The highest BCUT2D eigenvalue weighted by Crippen LogP contribution is 2.28. The second-order valence-corrected chi connectivity index (χ2v) is 4.91. The van der Waals surface area contributed by atoms with E-state index < -0.39 is 27.4 Å². The molecule has 0 radical (unpaired) electrons. The van der Waals surface area contributed by atoms with Gasteiger partial charge in [-0.2, -0.15) is 13.2 Å². The predicted octanol–water partition coefficient (Wildman–Crippen LogP) is 1.61. The van der Waals surface area contributed by atoms with E-state index in [4.69, 9.17) is 0 Å². The maximum atomic E-state index is 12.0. The van der Waals surface area contributed by atoms with Crippen molar-refractivity contribution < 1.29 is 41.6 Å². The molecule has 0 saturated heterocycles. The molecule has 0 spiro atoms. The zero-order valence-electron chi connectivity index (χ0n) is 9.00. The van der Waals surface area contributed by atoms with Crippen LogP contribution in [0.15, 0.2) is 0 Å². The molecule has 98 valence electrons. The highest BCUT2D eigenvalue weighted by molar-refractivity contribution is 6.59. The molecule has 0 amide bonds. The van der Waals surface area contributed by atoms with E-state index >= 15 is 0 Å². The third-order valence-corrected chi connectivity index (χ3v) is 3.47. The molecule has 0 aromatic rings. The van der Waals surface area contributed by atoms with Crippen molar-refractivity contribution in [2.45, 2.75) is 18.6 Å². The van der Waals surface area contributed by atoms with Crippen molar-refractivity contribution in [2.24, 2.45) is 0 Å².